The van der Waals surface area contributed by atoms with Gasteiger partial charge in [-0.2, -0.15) is 0 Å². The number of methoxy groups -OCH3 is 3. The molecule has 0 spiro atoms. The number of hydrogen-bond donors (Lipinski definition) is 0. The molecule has 1 aliphatic heterocycles. The van der Waals surface area contributed by atoms with Crippen LogP contribution >= 0.6 is 0 Å². The summed E-state index contributed by atoms with van der Waals surface area (Å²) < 4.78 is 16.3. The number of allylic oxidation sites excluding steroid dienone is 2. The first-order valence-electron chi connectivity index (χ1n) is 7.91. The first-order chi connectivity index (χ1) is 10.7. The van der Waals surface area contributed by atoms with E-state index in [0.717, 1.165) is 29.9 Å². The Labute approximate surface area is 132 Å². The summed E-state index contributed by atoms with van der Waals surface area (Å²) in [6.45, 7) is 3.31. The fraction of sp³-hybridized carbons (Fsp3) is 0.556. The van der Waals surface area contributed by atoms with Gasteiger partial charge in [0, 0.05) is 19.6 Å². The molecule has 1 saturated heterocycles. The molecule has 2 unspecified atom stereocenters. The molecule has 3 rings (SSSR count). The van der Waals surface area contributed by atoms with Crippen LogP contribution in [0.2, 0.25) is 0 Å². The quantitative estimate of drug-likeness (QED) is 0.782. The second kappa shape index (κ2) is 6.61. The Bertz CT molecular complexity index is 514. The highest BCUT2D eigenvalue weighted by molar-refractivity contribution is 5.53. The highest BCUT2D eigenvalue weighted by atomic mass is 16.5. The number of fused-ring (bicyclic) bond motifs is 1. The minimum atomic E-state index is 0.660. The van der Waals surface area contributed by atoms with Gasteiger partial charge in [-0.1, -0.05) is 12.2 Å². The molecule has 0 aromatic heterocycles. The molecule has 4 nitrogen and oxygen atoms in total. The van der Waals surface area contributed by atoms with Gasteiger partial charge in [-0.25, -0.2) is 0 Å². The van der Waals surface area contributed by atoms with Crippen LogP contribution in [0.5, 0.6) is 17.2 Å². The number of ether oxygens (including phenoxy) is 3. The Hall–Kier alpha value is -1.68. The first kappa shape index (κ1) is 15.2. The fourth-order valence-electron chi connectivity index (χ4n) is 3.73. The summed E-state index contributed by atoms with van der Waals surface area (Å²) in [5, 5.41) is 0. The van der Waals surface area contributed by atoms with Gasteiger partial charge in [0.25, 0.3) is 0 Å². The van der Waals surface area contributed by atoms with Gasteiger partial charge in [-0.05, 0) is 42.4 Å². The van der Waals surface area contributed by atoms with Crippen molar-refractivity contribution in [3.05, 3.63) is 29.8 Å². The van der Waals surface area contributed by atoms with Crippen molar-refractivity contribution in [2.75, 3.05) is 34.4 Å². The molecule has 1 fully saturated rings. The van der Waals surface area contributed by atoms with E-state index in [2.05, 4.69) is 29.2 Å². The van der Waals surface area contributed by atoms with E-state index in [1.165, 1.54) is 31.5 Å². The number of likely N-dealkylation sites (tertiary alicyclic amines) is 1. The summed E-state index contributed by atoms with van der Waals surface area (Å²) in [6, 6.07) is 4.11. The lowest BCUT2D eigenvalue weighted by Gasteiger charge is -2.18. The molecule has 120 valence electrons. The van der Waals surface area contributed by atoms with E-state index in [1.807, 2.05) is 0 Å². The van der Waals surface area contributed by atoms with E-state index in [9.17, 15) is 0 Å². The SMILES string of the molecule is COc1cc(CN2CC3CC=CCC3C2)cc(OC)c1OC. The summed E-state index contributed by atoms with van der Waals surface area (Å²) in [7, 11) is 4.96. The molecular formula is C18H25NO3. The first-order valence-corrected chi connectivity index (χ1v) is 7.91. The minimum absolute atomic E-state index is 0.660. The highest BCUT2D eigenvalue weighted by Crippen LogP contribution is 2.39. The minimum Gasteiger partial charge on any atom is -0.493 e. The zero-order valence-corrected chi connectivity index (χ0v) is 13.7. The lowest BCUT2D eigenvalue weighted by atomic mass is 9.86. The van der Waals surface area contributed by atoms with Crippen LogP contribution < -0.4 is 14.2 Å². The summed E-state index contributed by atoms with van der Waals surface area (Å²) in [5.74, 6) is 3.78. The Morgan fingerprint density at radius 2 is 1.45 bits per heavy atom. The van der Waals surface area contributed by atoms with Gasteiger partial charge in [0.1, 0.15) is 0 Å². The van der Waals surface area contributed by atoms with Gasteiger partial charge in [-0.3, -0.25) is 4.90 Å². The maximum Gasteiger partial charge on any atom is 0.203 e. The van der Waals surface area contributed by atoms with Crippen LogP contribution in [-0.2, 0) is 6.54 Å². The number of hydrogen-bond acceptors (Lipinski definition) is 4. The van der Waals surface area contributed by atoms with E-state index in [0.29, 0.717) is 5.75 Å². The fourth-order valence-corrected chi connectivity index (χ4v) is 3.73. The molecule has 4 heteroatoms. The molecule has 2 aliphatic rings. The summed E-state index contributed by atoms with van der Waals surface area (Å²) in [6.07, 6.45) is 7.14. The standard InChI is InChI=1S/C18H25NO3/c1-20-16-8-13(9-17(21-2)18(16)22-3)10-19-11-14-6-4-5-7-15(14)12-19/h4-5,8-9,14-15H,6-7,10-12H2,1-3H3. The monoisotopic (exact) mass is 303 g/mol. The molecule has 0 amide bonds. The van der Waals surface area contributed by atoms with E-state index < -0.39 is 0 Å². The van der Waals surface area contributed by atoms with Crippen molar-refractivity contribution in [2.24, 2.45) is 11.8 Å². The molecular weight excluding hydrogens is 278 g/mol. The summed E-state index contributed by atoms with van der Waals surface area (Å²) in [4.78, 5) is 2.54. The van der Waals surface area contributed by atoms with Crippen molar-refractivity contribution >= 4 is 0 Å². The number of nitrogens with zero attached hydrogens (tertiary/aromatic N) is 1. The zero-order valence-electron chi connectivity index (χ0n) is 13.7. The summed E-state index contributed by atoms with van der Waals surface area (Å²) in [5.41, 5.74) is 1.21. The van der Waals surface area contributed by atoms with Crippen molar-refractivity contribution in [3.8, 4) is 17.2 Å². The van der Waals surface area contributed by atoms with Crippen molar-refractivity contribution in [2.45, 2.75) is 19.4 Å². The molecule has 1 aliphatic carbocycles. The second-order valence-electron chi connectivity index (χ2n) is 6.19. The maximum atomic E-state index is 5.44. The predicted molar refractivity (Wildman–Crippen MR) is 86.7 cm³/mol. The molecule has 0 N–H and O–H groups in total. The van der Waals surface area contributed by atoms with E-state index in [-0.39, 0.29) is 0 Å². The average molecular weight is 303 g/mol. The molecule has 0 bridgehead atoms. The number of rotatable bonds is 5. The van der Waals surface area contributed by atoms with Crippen LogP contribution in [-0.4, -0.2) is 39.3 Å². The Morgan fingerprint density at radius 1 is 0.909 bits per heavy atom. The topological polar surface area (TPSA) is 30.9 Å². The molecule has 0 radical (unpaired) electrons. The largest absolute Gasteiger partial charge is 0.493 e. The lowest BCUT2D eigenvalue weighted by Crippen LogP contribution is -2.20. The van der Waals surface area contributed by atoms with Gasteiger partial charge in [0.15, 0.2) is 11.5 Å². The normalized spacial score (nSPS) is 24.1. The van der Waals surface area contributed by atoms with Crippen LogP contribution in [0.25, 0.3) is 0 Å². The van der Waals surface area contributed by atoms with Crippen LogP contribution in [0.15, 0.2) is 24.3 Å². The van der Waals surface area contributed by atoms with Crippen molar-refractivity contribution in [1.29, 1.82) is 0 Å². The smallest absolute Gasteiger partial charge is 0.203 e. The third-order valence-electron chi connectivity index (χ3n) is 4.83. The second-order valence-corrected chi connectivity index (χ2v) is 6.19. The molecule has 1 aromatic rings. The van der Waals surface area contributed by atoms with Gasteiger partial charge >= 0.3 is 0 Å². The number of benzene rings is 1. The van der Waals surface area contributed by atoms with Crippen LogP contribution in [0.3, 0.4) is 0 Å². The van der Waals surface area contributed by atoms with E-state index in [1.54, 1.807) is 21.3 Å². The van der Waals surface area contributed by atoms with Crippen molar-refractivity contribution < 1.29 is 14.2 Å². The van der Waals surface area contributed by atoms with Crippen LogP contribution in [0.4, 0.5) is 0 Å². The molecule has 2 atom stereocenters. The molecule has 0 saturated carbocycles. The van der Waals surface area contributed by atoms with Crippen LogP contribution in [0, 0.1) is 11.8 Å². The van der Waals surface area contributed by atoms with Gasteiger partial charge in [0.05, 0.1) is 21.3 Å². The van der Waals surface area contributed by atoms with E-state index in [4.69, 9.17) is 14.2 Å². The third-order valence-corrected chi connectivity index (χ3v) is 4.83. The van der Waals surface area contributed by atoms with Crippen molar-refractivity contribution in [3.63, 3.8) is 0 Å². The molecule has 22 heavy (non-hydrogen) atoms. The Kier molecular flexibility index (Phi) is 4.57. The average Bonchev–Trinajstić information content (AvgIpc) is 2.95. The van der Waals surface area contributed by atoms with Crippen LogP contribution in [0.1, 0.15) is 18.4 Å². The van der Waals surface area contributed by atoms with Gasteiger partial charge in [-0.15, -0.1) is 0 Å². The molecule has 1 aromatic carbocycles. The Balaban J connectivity index is 1.75. The van der Waals surface area contributed by atoms with Gasteiger partial charge in [0.2, 0.25) is 5.75 Å². The highest BCUT2D eigenvalue weighted by Gasteiger charge is 2.32. The van der Waals surface area contributed by atoms with Gasteiger partial charge < -0.3 is 14.2 Å². The summed E-state index contributed by atoms with van der Waals surface area (Å²) >= 11 is 0. The molecule has 1 heterocycles. The lowest BCUT2D eigenvalue weighted by molar-refractivity contribution is 0.305. The van der Waals surface area contributed by atoms with Crippen molar-refractivity contribution in [1.82, 2.24) is 4.90 Å². The maximum absolute atomic E-state index is 5.44. The predicted octanol–water partition coefficient (Wildman–Crippen LogP) is 3.11. The Morgan fingerprint density at radius 3 is 1.91 bits per heavy atom. The van der Waals surface area contributed by atoms with E-state index >= 15 is 0 Å². The third kappa shape index (κ3) is 2.93. The zero-order chi connectivity index (χ0) is 15.5.